The second-order valence-corrected chi connectivity index (χ2v) is 6.69. The lowest BCUT2D eigenvalue weighted by atomic mass is 9.92. The minimum absolute atomic E-state index is 0.412. The molecular weight excluding hydrogens is 285 g/mol. The summed E-state index contributed by atoms with van der Waals surface area (Å²) < 4.78 is 0. The molecule has 1 N–H and O–H groups in total. The zero-order valence-corrected chi connectivity index (χ0v) is 12.9. The summed E-state index contributed by atoms with van der Waals surface area (Å²) in [7, 11) is 0. The standard InChI is InChI=1S/C14H19Cl2NS/c1-2-6-17-14(11-5-7-18-9-11)10-3-4-12(15)13(16)8-10/h3-4,8,11,14,17H,2,5-7,9H2,1H3. The average molecular weight is 304 g/mol. The highest BCUT2D eigenvalue weighted by Gasteiger charge is 2.26. The van der Waals surface area contributed by atoms with E-state index in [0.29, 0.717) is 22.0 Å². The van der Waals surface area contributed by atoms with Crippen LogP contribution in [0.25, 0.3) is 0 Å². The van der Waals surface area contributed by atoms with Crippen LogP contribution in [-0.2, 0) is 0 Å². The maximum Gasteiger partial charge on any atom is 0.0595 e. The molecule has 4 heteroatoms. The number of benzene rings is 1. The molecule has 18 heavy (non-hydrogen) atoms. The van der Waals surface area contributed by atoms with Gasteiger partial charge in [0.2, 0.25) is 0 Å². The Labute approximate surface area is 124 Å². The van der Waals surface area contributed by atoms with Crippen LogP contribution < -0.4 is 5.32 Å². The molecule has 2 unspecified atom stereocenters. The summed E-state index contributed by atoms with van der Waals surface area (Å²) in [6.45, 7) is 3.24. The fourth-order valence-electron chi connectivity index (χ4n) is 2.38. The number of rotatable bonds is 5. The van der Waals surface area contributed by atoms with E-state index >= 15 is 0 Å². The van der Waals surface area contributed by atoms with Gasteiger partial charge in [0.15, 0.2) is 0 Å². The monoisotopic (exact) mass is 303 g/mol. The lowest BCUT2D eigenvalue weighted by molar-refractivity contribution is 0.394. The molecule has 100 valence electrons. The highest BCUT2D eigenvalue weighted by Crippen LogP contribution is 2.36. The maximum absolute atomic E-state index is 6.13. The van der Waals surface area contributed by atoms with E-state index in [9.17, 15) is 0 Å². The fourth-order valence-corrected chi connectivity index (χ4v) is 3.98. The molecule has 1 saturated heterocycles. The van der Waals surface area contributed by atoms with Gasteiger partial charge in [-0.2, -0.15) is 11.8 Å². The van der Waals surface area contributed by atoms with E-state index in [2.05, 4.69) is 18.3 Å². The van der Waals surface area contributed by atoms with E-state index < -0.39 is 0 Å². The maximum atomic E-state index is 6.13. The Balaban J connectivity index is 2.17. The van der Waals surface area contributed by atoms with Crippen LogP contribution in [0.15, 0.2) is 18.2 Å². The quantitative estimate of drug-likeness (QED) is 0.839. The highest BCUT2D eigenvalue weighted by molar-refractivity contribution is 7.99. The van der Waals surface area contributed by atoms with Crippen LogP contribution in [0.4, 0.5) is 0 Å². The summed E-state index contributed by atoms with van der Waals surface area (Å²) in [6.07, 6.45) is 2.43. The molecule has 0 bridgehead atoms. The summed E-state index contributed by atoms with van der Waals surface area (Å²) in [6, 6.07) is 6.43. The Morgan fingerprint density at radius 3 is 2.83 bits per heavy atom. The molecule has 0 saturated carbocycles. The van der Waals surface area contributed by atoms with Crippen molar-refractivity contribution in [2.75, 3.05) is 18.1 Å². The second-order valence-electron chi connectivity index (χ2n) is 4.73. The van der Waals surface area contributed by atoms with Crippen molar-refractivity contribution in [1.29, 1.82) is 0 Å². The van der Waals surface area contributed by atoms with Gasteiger partial charge in [-0.3, -0.25) is 0 Å². The number of nitrogens with one attached hydrogen (secondary N) is 1. The van der Waals surface area contributed by atoms with E-state index in [-0.39, 0.29) is 0 Å². The predicted molar refractivity (Wildman–Crippen MR) is 82.9 cm³/mol. The largest absolute Gasteiger partial charge is 0.310 e. The number of hydrogen-bond acceptors (Lipinski definition) is 2. The minimum Gasteiger partial charge on any atom is -0.310 e. The lowest BCUT2D eigenvalue weighted by Crippen LogP contribution is -2.29. The Morgan fingerprint density at radius 1 is 1.39 bits per heavy atom. The SMILES string of the molecule is CCCNC(c1ccc(Cl)c(Cl)c1)C1CCSC1. The Hall–Kier alpha value is 0.110. The van der Waals surface area contributed by atoms with Crippen molar-refractivity contribution in [2.45, 2.75) is 25.8 Å². The van der Waals surface area contributed by atoms with Crippen molar-refractivity contribution in [1.82, 2.24) is 5.32 Å². The van der Waals surface area contributed by atoms with Crippen LogP contribution in [0.1, 0.15) is 31.4 Å². The Kier molecular flexibility index (Phi) is 5.68. The van der Waals surface area contributed by atoms with Crippen molar-refractivity contribution in [3.8, 4) is 0 Å². The van der Waals surface area contributed by atoms with Crippen LogP contribution in [-0.4, -0.2) is 18.1 Å². The first-order valence-corrected chi connectivity index (χ1v) is 8.39. The van der Waals surface area contributed by atoms with Crippen LogP contribution in [0.5, 0.6) is 0 Å². The summed E-state index contributed by atoms with van der Waals surface area (Å²) in [5.74, 6) is 3.22. The van der Waals surface area contributed by atoms with Gasteiger partial charge < -0.3 is 5.32 Å². The first-order valence-electron chi connectivity index (χ1n) is 6.48. The number of hydrogen-bond donors (Lipinski definition) is 1. The smallest absolute Gasteiger partial charge is 0.0595 e. The molecule has 1 fully saturated rings. The van der Waals surface area contributed by atoms with Crippen molar-refractivity contribution in [2.24, 2.45) is 5.92 Å². The van der Waals surface area contributed by atoms with E-state index in [1.807, 2.05) is 23.9 Å². The molecule has 1 heterocycles. The zero-order chi connectivity index (χ0) is 13.0. The predicted octanol–water partition coefficient (Wildman–Crippen LogP) is 4.79. The second kappa shape index (κ2) is 7.04. The Bertz CT molecular complexity index is 391. The molecule has 1 aromatic carbocycles. The van der Waals surface area contributed by atoms with Gasteiger partial charge in [-0.25, -0.2) is 0 Å². The van der Waals surface area contributed by atoms with Gasteiger partial charge in [-0.05, 0) is 54.5 Å². The van der Waals surface area contributed by atoms with E-state index in [4.69, 9.17) is 23.2 Å². The molecule has 1 nitrogen and oxygen atoms in total. The Morgan fingerprint density at radius 2 is 2.22 bits per heavy atom. The molecule has 0 radical (unpaired) electrons. The van der Waals surface area contributed by atoms with Crippen LogP contribution in [0.2, 0.25) is 10.0 Å². The van der Waals surface area contributed by atoms with E-state index in [0.717, 1.165) is 13.0 Å². The summed E-state index contributed by atoms with van der Waals surface area (Å²) >= 11 is 14.2. The van der Waals surface area contributed by atoms with Gasteiger partial charge in [0.25, 0.3) is 0 Å². The number of halogens is 2. The van der Waals surface area contributed by atoms with Crippen LogP contribution in [0, 0.1) is 5.92 Å². The van der Waals surface area contributed by atoms with E-state index in [1.165, 1.54) is 23.5 Å². The molecule has 1 aliphatic heterocycles. The lowest BCUT2D eigenvalue weighted by Gasteiger charge is -2.25. The molecule has 1 aliphatic rings. The van der Waals surface area contributed by atoms with Crippen LogP contribution in [0.3, 0.4) is 0 Å². The van der Waals surface area contributed by atoms with Crippen LogP contribution >= 0.6 is 35.0 Å². The van der Waals surface area contributed by atoms with Gasteiger partial charge in [-0.15, -0.1) is 0 Å². The molecule has 0 aliphatic carbocycles. The highest BCUT2D eigenvalue weighted by atomic mass is 35.5. The third-order valence-electron chi connectivity index (χ3n) is 3.35. The van der Waals surface area contributed by atoms with Crippen molar-refractivity contribution in [3.63, 3.8) is 0 Å². The molecule has 2 atom stereocenters. The topological polar surface area (TPSA) is 12.0 Å². The third kappa shape index (κ3) is 3.57. The van der Waals surface area contributed by atoms with Gasteiger partial charge in [0.05, 0.1) is 10.0 Å². The van der Waals surface area contributed by atoms with Gasteiger partial charge >= 0.3 is 0 Å². The van der Waals surface area contributed by atoms with Crippen molar-refractivity contribution < 1.29 is 0 Å². The molecule has 0 spiro atoms. The fraction of sp³-hybridized carbons (Fsp3) is 0.571. The molecule has 0 amide bonds. The molecular formula is C14H19Cl2NS. The van der Waals surface area contributed by atoms with Crippen molar-refractivity contribution >= 4 is 35.0 Å². The molecule has 1 aromatic rings. The van der Waals surface area contributed by atoms with Gasteiger partial charge in [-0.1, -0.05) is 36.2 Å². The minimum atomic E-state index is 0.412. The first-order chi connectivity index (χ1) is 8.72. The van der Waals surface area contributed by atoms with Crippen molar-refractivity contribution in [3.05, 3.63) is 33.8 Å². The summed E-state index contributed by atoms with van der Waals surface area (Å²) in [5.41, 5.74) is 1.27. The van der Waals surface area contributed by atoms with Gasteiger partial charge in [0, 0.05) is 6.04 Å². The first kappa shape index (κ1) is 14.5. The molecule has 0 aromatic heterocycles. The summed E-state index contributed by atoms with van der Waals surface area (Å²) in [4.78, 5) is 0. The summed E-state index contributed by atoms with van der Waals surface area (Å²) in [5, 5.41) is 4.95. The zero-order valence-electron chi connectivity index (χ0n) is 10.6. The van der Waals surface area contributed by atoms with E-state index in [1.54, 1.807) is 0 Å². The molecule has 2 rings (SSSR count). The number of thioether (sulfide) groups is 1. The van der Waals surface area contributed by atoms with Gasteiger partial charge in [0.1, 0.15) is 0 Å². The normalized spacial score (nSPS) is 21.2. The average Bonchev–Trinajstić information content (AvgIpc) is 2.88. The third-order valence-corrected chi connectivity index (χ3v) is 5.28.